The molecule has 3 rings (SSSR count). The van der Waals surface area contributed by atoms with Gasteiger partial charge in [-0.05, 0) is 29.0 Å². The van der Waals surface area contributed by atoms with E-state index in [1.54, 1.807) is 6.07 Å². The van der Waals surface area contributed by atoms with Crippen molar-refractivity contribution in [1.29, 1.82) is 0 Å². The lowest BCUT2D eigenvalue weighted by atomic mass is 10.0. The summed E-state index contributed by atoms with van der Waals surface area (Å²) in [5.41, 5.74) is 2.39. The monoisotopic (exact) mass is 382 g/mol. The summed E-state index contributed by atoms with van der Waals surface area (Å²) in [5, 5.41) is 30.9. The Hall–Kier alpha value is -1.51. The number of alkyl halides is 1. The number of hydrogen-bond acceptors (Lipinski definition) is 6. The number of thiophene rings is 1. The van der Waals surface area contributed by atoms with E-state index in [2.05, 4.69) is 31.2 Å². The van der Waals surface area contributed by atoms with Crippen LogP contribution in [-0.4, -0.2) is 52.7 Å². The summed E-state index contributed by atoms with van der Waals surface area (Å²) in [6, 6.07) is 10.0. The number of benzene rings is 1. The number of halogens is 1. The fourth-order valence-corrected chi connectivity index (χ4v) is 3.74. The van der Waals surface area contributed by atoms with Crippen LogP contribution in [0.5, 0.6) is 5.75 Å². The molecule has 26 heavy (non-hydrogen) atoms. The largest absolute Gasteiger partial charge is 0.461 e. The molecule has 5 atom stereocenters. The van der Waals surface area contributed by atoms with Crippen LogP contribution < -0.4 is 4.74 Å². The molecule has 2 heterocycles. The van der Waals surface area contributed by atoms with Crippen LogP contribution in [-0.2, 0) is 17.6 Å². The van der Waals surface area contributed by atoms with Crippen LogP contribution in [0.4, 0.5) is 4.39 Å². The molecule has 7 heteroatoms. The van der Waals surface area contributed by atoms with Gasteiger partial charge in [-0.1, -0.05) is 31.2 Å². The zero-order valence-corrected chi connectivity index (χ0v) is 15.2. The molecule has 0 radical (unpaired) electrons. The van der Waals surface area contributed by atoms with Gasteiger partial charge in [0.25, 0.3) is 0 Å². The lowest BCUT2D eigenvalue weighted by molar-refractivity contribution is -0.265. The maximum Gasteiger partial charge on any atom is 0.229 e. The zero-order valence-electron chi connectivity index (χ0n) is 14.4. The van der Waals surface area contributed by atoms with E-state index in [0.717, 1.165) is 16.9 Å². The average Bonchev–Trinajstić information content (AvgIpc) is 3.09. The molecule has 0 amide bonds. The average molecular weight is 382 g/mol. The summed E-state index contributed by atoms with van der Waals surface area (Å²) in [7, 11) is 0. The number of ether oxygens (including phenoxy) is 2. The Balaban J connectivity index is 1.71. The predicted molar refractivity (Wildman–Crippen MR) is 96.2 cm³/mol. The standard InChI is InChI=1S/C19H23FO5S/c1-2-11-3-5-12(6-4-11)9-15-13(7-8-26-15)24-19-18(23)17(22)16(20)14(10-21)25-19/h3-8,14,16-19,21-23H,2,9-10H2,1H3. The van der Waals surface area contributed by atoms with Gasteiger partial charge in [-0.3, -0.25) is 0 Å². The third kappa shape index (κ3) is 4.07. The van der Waals surface area contributed by atoms with Gasteiger partial charge in [0.1, 0.15) is 24.1 Å². The summed E-state index contributed by atoms with van der Waals surface area (Å²) >= 11 is 1.50. The summed E-state index contributed by atoms with van der Waals surface area (Å²) in [6.07, 6.45) is -5.92. The summed E-state index contributed by atoms with van der Waals surface area (Å²) < 4.78 is 24.8. The molecule has 5 unspecified atom stereocenters. The molecule has 0 aliphatic carbocycles. The Morgan fingerprint density at radius 1 is 1.12 bits per heavy atom. The lowest BCUT2D eigenvalue weighted by Crippen LogP contribution is -2.58. The van der Waals surface area contributed by atoms with Crippen molar-refractivity contribution in [3.05, 3.63) is 51.7 Å². The molecule has 1 fully saturated rings. The van der Waals surface area contributed by atoms with Crippen molar-refractivity contribution in [2.75, 3.05) is 6.61 Å². The highest BCUT2D eigenvalue weighted by Crippen LogP contribution is 2.32. The topological polar surface area (TPSA) is 79.2 Å². The third-order valence-electron chi connectivity index (χ3n) is 4.54. The molecule has 1 aliphatic rings. The minimum atomic E-state index is -1.87. The number of aliphatic hydroxyl groups excluding tert-OH is 3. The zero-order chi connectivity index (χ0) is 18.7. The number of aryl methyl sites for hydroxylation is 1. The van der Waals surface area contributed by atoms with Crippen molar-refractivity contribution in [3.63, 3.8) is 0 Å². The minimum absolute atomic E-state index is 0.514. The van der Waals surface area contributed by atoms with Crippen molar-refractivity contribution in [2.45, 2.75) is 50.5 Å². The van der Waals surface area contributed by atoms with Crippen LogP contribution in [0.15, 0.2) is 35.7 Å². The van der Waals surface area contributed by atoms with E-state index in [9.17, 15) is 19.7 Å². The van der Waals surface area contributed by atoms with Crippen molar-refractivity contribution < 1.29 is 29.2 Å². The highest BCUT2D eigenvalue weighted by molar-refractivity contribution is 7.10. The van der Waals surface area contributed by atoms with Crippen molar-refractivity contribution in [1.82, 2.24) is 0 Å². The van der Waals surface area contributed by atoms with Gasteiger partial charge in [-0.15, -0.1) is 11.3 Å². The number of hydrogen-bond donors (Lipinski definition) is 3. The van der Waals surface area contributed by atoms with Crippen molar-refractivity contribution in [2.24, 2.45) is 0 Å². The van der Waals surface area contributed by atoms with Crippen molar-refractivity contribution in [3.8, 4) is 5.75 Å². The lowest BCUT2D eigenvalue weighted by Gasteiger charge is -2.38. The quantitative estimate of drug-likeness (QED) is 0.713. The maximum absolute atomic E-state index is 13.8. The van der Waals surface area contributed by atoms with E-state index in [1.165, 1.54) is 16.9 Å². The molecule has 0 saturated carbocycles. The molecule has 0 bridgehead atoms. The highest BCUT2D eigenvalue weighted by Gasteiger charge is 2.46. The molecule has 0 spiro atoms. The van der Waals surface area contributed by atoms with Crippen molar-refractivity contribution >= 4 is 11.3 Å². The molecule has 2 aromatic rings. The number of aliphatic hydroxyl groups is 3. The predicted octanol–water partition coefficient (Wildman–Crippen LogP) is 2.06. The van der Waals surface area contributed by atoms with E-state index >= 15 is 0 Å². The summed E-state index contributed by atoms with van der Waals surface area (Å²) in [6.45, 7) is 1.50. The van der Waals surface area contributed by atoms with Gasteiger partial charge >= 0.3 is 0 Å². The molecule has 1 aromatic carbocycles. The van der Waals surface area contributed by atoms with Gasteiger partial charge < -0.3 is 24.8 Å². The third-order valence-corrected chi connectivity index (χ3v) is 5.44. The molecule has 1 saturated heterocycles. The fourth-order valence-electron chi connectivity index (χ4n) is 2.90. The summed E-state index contributed by atoms with van der Waals surface area (Å²) in [4.78, 5) is 0.933. The Morgan fingerprint density at radius 3 is 2.46 bits per heavy atom. The van der Waals surface area contributed by atoms with Crippen LogP contribution in [0.1, 0.15) is 22.9 Å². The van der Waals surface area contributed by atoms with Crippen LogP contribution in [0.3, 0.4) is 0 Å². The first-order chi connectivity index (χ1) is 12.5. The second-order valence-electron chi connectivity index (χ2n) is 6.32. The van der Waals surface area contributed by atoms with E-state index in [1.807, 2.05) is 5.38 Å². The van der Waals surface area contributed by atoms with E-state index in [0.29, 0.717) is 12.2 Å². The van der Waals surface area contributed by atoms with Crippen LogP contribution in [0, 0.1) is 0 Å². The summed E-state index contributed by atoms with van der Waals surface area (Å²) in [5.74, 6) is 0.514. The maximum atomic E-state index is 13.8. The Kier molecular flexibility index (Phi) is 6.26. The first-order valence-corrected chi connectivity index (χ1v) is 9.48. The van der Waals surface area contributed by atoms with Gasteiger partial charge in [0.2, 0.25) is 6.29 Å². The minimum Gasteiger partial charge on any atom is -0.461 e. The Bertz CT molecular complexity index is 702. The van der Waals surface area contributed by atoms with Gasteiger partial charge in [0, 0.05) is 6.42 Å². The van der Waals surface area contributed by atoms with E-state index < -0.39 is 37.4 Å². The van der Waals surface area contributed by atoms with Gasteiger partial charge in [0.05, 0.1) is 11.5 Å². The Labute approximate surface area is 155 Å². The van der Waals surface area contributed by atoms with Crippen LogP contribution >= 0.6 is 11.3 Å². The molecule has 142 valence electrons. The first kappa shape index (κ1) is 19.3. The van der Waals surface area contributed by atoms with Gasteiger partial charge in [0.15, 0.2) is 6.17 Å². The van der Waals surface area contributed by atoms with Gasteiger partial charge in [-0.25, -0.2) is 4.39 Å². The molecular formula is C19H23FO5S. The smallest absolute Gasteiger partial charge is 0.229 e. The second-order valence-corrected chi connectivity index (χ2v) is 7.32. The normalized spacial score (nSPS) is 28.9. The number of rotatable bonds is 6. The SMILES string of the molecule is CCc1ccc(Cc2sccc2OC2OC(CO)C(F)C(O)C2O)cc1. The molecular weight excluding hydrogens is 359 g/mol. The van der Waals surface area contributed by atoms with E-state index in [4.69, 9.17) is 9.47 Å². The molecule has 1 aromatic heterocycles. The molecule has 5 nitrogen and oxygen atoms in total. The van der Waals surface area contributed by atoms with E-state index in [-0.39, 0.29) is 0 Å². The first-order valence-electron chi connectivity index (χ1n) is 8.60. The second kappa shape index (κ2) is 8.45. The molecule has 3 N–H and O–H groups in total. The van der Waals surface area contributed by atoms with Crippen LogP contribution in [0.2, 0.25) is 0 Å². The fraction of sp³-hybridized carbons (Fsp3) is 0.474. The van der Waals surface area contributed by atoms with Crippen LogP contribution in [0.25, 0.3) is 0 Å². The Morgan fingerprint density at radius 2 is 1.81 bits per heavy atom. The highest BCUT2D eigenvalue weighted by atomic mass is 32.1. The van der Waals surface area contributed by atoms with Gasteiger partial charge in [-0.2, -0.15) is 0 Å². The molecule has 1 aliphatic heterocycles.